The monoisotopic (exact) mass is 528 g/mol. The number of aryl methyl sites for hydroxylation is 1. The van der Waals surface area contributed by atoms with E-state index in [9.17, 15) is 24.3 Å². The van der Waals surface area contributed by atoms with E-state index in [1.165, 1.54) is 0 Å². The van der Waals surface area contributed by atoms with Crippen molar-refractivity contribution >= 4 is 40.1 Å². The van der Waals surface area contributed by atoms with Crippen LogP contribution in [0.15, 0.2) is 48.5 Å². The lowest BCUT2D eigenvalue weighted by Gasteiger charge is -2.37. The highest BCUT2D eigenvalue weighted by atomic mass is 16.3. The number of anilines is 1. The molecular formula is C31H32N2O6. The molecule has 2 aliphatic heterocycles. The highest BCUT2D eigenvalue weighted by molar-refractivity contribution is 6.39. The zero-order chi connectivity index (χ0) is 27.8. The van der Waals surface area contributed by atoms with E-state index in [4.69, 9.17) is 5.11 Å². The molecule has 0 saturated heterocycles. The molecule has 39 heavy (non-hydrogen) atoms. The van der Waals surface area contributed by atoms with E-state index in [0.29, 0.717) is 22.9 Å². The number of imide groups is 2. The maximum Gasteiger partial charge on any atom is 0.265 e. The van der Waals surface area contributed by atoms with Crippen molar-refractivity contribution in [1.29, 1.82) is 0 Å². The van der Waals surface area contributed by atoms with Gasteiger partial charge in [0.1, 0.15) is 0 Å². The number of amides is 4. The van der Waals surface area contributed by atoms with Crippen molar-refractivity contribution in [2.75, 3.05) is 18.1 Å². The number of nitrogens with zero attached hydrogens (tertiary/aromatic N) is 2. The van der Waals surface area contributed by atoms with Crippen LogP contribution in [0.25, 0.3) is 10.8 Å². The third kappa shape index (κ3) is 4.33. The van der Waals surface area contributed by atoms with Crippen LogP contribution in [0.4, 0.5) is 5.69 Å². The minimum atomic E-state index is -0.679. The normalized spacial score (nSPS) is 16.3. The fraction of sp³-hybridized carbons (Fsp3) is 0.355. The quantitative estimate of drug-likeness (QED) is 0.299. The highest BCUT2D eigenvalue weighted by Gasteiger charge is 2.42. The number of benzene rings is 3. The largest absolute Gasteiger partial charge is 0.396 e. The van der Waals surface area contributed by atoms with Gasteiger partial charge < -0.3 is 10.2 Å². The van der Waals surface area contributed by atoms with Crippen molar-refractivity contribution in [3.63, 3.8) is 0 Å². The molecule has 3 aromatic carbocycles. The van der Waals surface area contributed by atoms with E-state index in [0.717, 1.165) is 41.0 Å². The van der Waals surface area contributed by atoms with Crippen LogP contribution < -0.4 is 4.90 Å². The molecular weight excluding hydrogens is 496 g/mol. The maximum absolute atomic E-state index is 13.7. The molecule has 202 valence electrons. The molecule has 3 aromatic rings. The summed E-state index contributed by atoms with van der Waals surface area (Å²) in [6.07, 6.45) is 4.13. The van der Waals surface area contributed by atoms with Gasteiger partial charge >= 0.3 is 0 Å². The molecule has 2 aliphatic rings. The van der Waals surface area contributed by atoms with Crippen molar-refractivity contribution in [2.24, 2.45) is 5.92 Å². The van der Waals surface area contributed by atoms with Crippen LogP contribution in [-0.2, 0) is 6.42 Å². The van der Waals surface area contributed by atoms with Crippen LogP contribution in [0.2, 0.25) is 0 Å². The lowest BCUT2D eigenvalue weighted by atomic mass is 9.84. The van der Waals surface area contributed by atoms with Crippen LogP contribution >= 0.6 is 0 Å². The van der Waals surface area contributed by atoms with Crippen molar-refractivity contribution in [1.82, 2.24) is 4.90 Å². The second kappa shape index (κ2) is 10.7. The number of hydrogen-bond acceptors (Lipinski definition) is 6. The fourth-order valence-corrected chi connectivity index (χ4v) is 5.65. The predicted molar refractivity (Wildman–Crippen MR) is 147 cm³/mol. The molecule has 2 heterocycles. The third-order valence-corrected chi connectivity index (χ3v) is 8.06. The summed E-state index contributed by atoms with van der Waals surface area (Å²) >= 11 is 0. The lowest BCUT2D eigenvalue weighted by molar-refractivity contribution is 0.0390. The number of rotatable bonds is 10. The number of aliphatic hydroxyl groups excluding tert-OH is 2. The molecule has 5 rings (SSSR count). The molecule has 2 N–H and O–H groups in total. The van der Waals surface area contributed by atoms with Gasteiger partial charge in [0.25, 0.3) is 23.6 Å². The predicted octanol–water partition coefficient (Wildman–Crippen LogP) is 4.35. The van der Waals surface area contributed by atoms with E-state index < -0.39 is 29.7 Å². The van der Waals surface area contributed by atoms with Gasteiger partial charge in [0.15, 0.2) is 0 Å². The van der Waals surface area contributed by atoms with Gasteiger partial charge in [0.2, 0.25) is 0 Å². The number of unbranched alkanes of at least 4 members (excludes halogenated alkanes) is 2. The van der Waals surface area contributed by atoms with E-state index in [1.54, 1.807) is 36.4 Å². The van der Waals surface area contributed by atoms with Gasteiger partial charge in [-0.3, -0.25) is 24.1 Å². The molecule has 8 heteroatoms. The average Bonchev–Trinajstić information content (AvgIpc) is 2.95. The van der Waals surface area contributed by atoms with Crippen molar-refractivity contribution in [3.05, 3.63) is 76.3 Å². The Hall–Kier alpha value is -3.88. The Morgan fingerprint density at radius 1 is 0.692 bits per heavy atom. The Morgan fingerprint density at radius 2 is 1.21 bits per heavy atom. The number of aliphatic hydroxyl groups is 2. The Labute approximate surface area is 226 Å². The first kappa shape index (κ1) is 26.7. The first-order valence-corrected chi connectivity index (χ1v) is 13.5. The van der Waals surface area contributed by atoms with Crippen LogP contribution in [0.3, 0.4) is 0 Å². The van der Waals surface area contributed by atoms with Crippen molar-refractivity contribution in [2.45, 2.75) is 52.0 Å². The summed E-state index contributed by atoms with van der Waals surface area (Å²) in [7, 11) is 0. The van der Waals surface area contributed by atoms with Gasteiger partial charge in [-0.25, -0.2) is 4.90 Å². The number of hydrogen-bond donors (Lipinski definition) is 2. The topological polar surface area (TPSA) is 115 Å². The first-order chi connectivity index (χ1) is 18.8. The van der Waals surface area contributed by atoms with Gasteiger partial charge in [0.05, 0.1) is 18.3 Å². The van der Waals surface area contributed by atoms with Crippen LogP contribution in [0.1, 0.15) is 86.5 Å². The second-order valence-electron chi connectivity index (χ2n) is 10.3. The van der Waals surface area contributed by atoms with Gasteiger partial charge in [-0.2, -0.15) is 0 Å². The molecule has 0 aliphatic carbocycles. The second-order valence-corrected chi connectivity index (χ2v) is 10.3. The third-order valence-electron chi connectivity index (χ3n) is 8.06. The first-order valence-electron chi connectivity index (χ1n) is 13.5. The summed E-state index contributed by atoms with van der Waals surface area (Å²) in [6, 6.07) is 12.8. The summed E-state index contributed by atoms with van der Waals surface area (Å²) < 4.78 is 0. The Bertz CT molecular complexity index is 1410. The zero-order valence-electron chi connectivity index (χ0n) is 22.1. The Balaban J connectivity index is 1.53. The molecule has 0 saturated carbocycles. The molecule has 0 radical (unpaired) electrons. The lowest BCUT2D eigenvalue weighted by Crippen LogP contribution is -2.51. The molecule has 0 aromatic heterocycles. The average molecular weight is 529 g/mol. The van der Waals surface area contributed by atoms with Crippen LogP contribution in [-0.4, -0.2) is 58.0 Å². The number of carbonyl (C=O) groups excluding carboxylic acids is 4. The molecule has 2 atom stereocenters. The smallest absolute Gasteiger partial charge is 0.265 e. The van der Waals surface area contributed by atoms with Crippen molar-refractivity contribution < 1.29 is 29.4 Å². The molecule has 2 unspecified atom stereocenters. The Morgan fingerprint density at radius 3 is 1.67 bits per heavy atom. The van der Waals surface area contributed by atoms with Gasteiger partial charge in [-0.15, -0.1) is 0 Å². The van der Waals surface area contributed by atoms with Crippen LogP contribution in [0, 0.1) is 5.92 Å². The molecule has 0 bridgehead atoms. The summed E-state index contributed by atoms with van der Waals surface area (Å²) in [5.74, 6) is -2.20. The van der Waals surface area contributed by atoms with E-state index >= 15 is 0 Å². The Kier molecular flexibility index (Phi) is 7.34. The highest BCUT2D eigenvalue weighted by Crippen LogP contribution is 2.40. The minimum absolute atomic E-state index is 0.110. The van der Waals surface area contributed by atoms with E-state index in [1.807, 2.05) is 26.0 Å². The molecule has 8 nitrogen and oxygen atoms in total. The summed E-state index contributed by atoms with van der Waals surface area (Å²) in [6.45, 7) is 3.64. The van der Waals surface area contributed by atoms with Gasteiger partial charge in [-0.05, 0) is 67.1 Å². The van der Waals surface area contributed by atoms with E-state index in [2.05, 4.69) is 0 Å². The standard InChI is InChI=1S/C31H32N2O6/c1-3-18(2)25(17-35)33-30(38)23-14-12-21-26-22(13-15-24(27(23)26)31(33)39)29(37)32(28(21)36)20-10-8-19(9-11-20)7-5-4-6-16-34/h8-15,18,25,34-35H,3-7,16-17H2,1-2H3. The van der Waals surface area contributed by atoms with Gasteiger partial charge in [0, 0.05) is 39.6 Å². The van der Waals surface area contributed by atoms with Gasteiger partial charge in [-0.1, -0.05) is 38.8 Å². The summed E-state index contributed by atoms with van der Waals surface area (Å²) in [5.41, 5.74) is 2.52. The van der Waals surface area contributed by atoms with Crippen molar-refractivity contribution in [3.8, 4) is 0 Å². The SMILES string of the molecule is CCC(C)C(CO)N1C(=O)c2ccc3c4c(ccc(c24)C1=O)C(=O)N(c1ccc(CCCCCO)cc1)C3=O. The minimum Gasteiger partial charge on any atom is -0.396 e. The molecule has 0 spiro atoms. The number of carbonyl (C=O) groups is 4. The van der Waals surface area contributed by atoms with Crippen LogP contribution in [0.5, 0.6) is 0 Å². The molecule has 4 amide bonds. The fourth-order valence-electron chi connectivity index (χ4n) is 5.65. The summed E-state index contributed by atoms with van der Waals surface area (Å²) in [4.78, 5) is 56.7. The summed E-state index contributed by atoms with van der Waals surface area (Å²) in [5, 5.41) is 19.6. The zero-order valence-corrected chi connectivity index (χ0v) is 22.1. The maximum atomic E-state index is 13.7. The molecule has 0 fully saturated rings. The van der Waals surface area contributed by atoms with E-state index in [-0.39, 0.29) is 41.4 Å².